The Balaban J connectivity index is 1.36. The van der Waals surface area contributed by atoms with Gasteiger partial charge in [0.25, 0.3) is 10.0 Å². The number of hydrogen-bond donors (Lipinski definition) is 0. The molecule has 0 radical (unpaired) electrons. The lowest BCUT2D eigenvalue weighted by Crippen LogP contribution is -2.51. The summed E-state index contributed by atoms with van der Waals surface area (Å²) in [6.45, 7) is 5.47. The van der Waals surface area contributed by atoms with E-state index >= 15 is 0 Å². The maximum atomic E-state index is 12.5. The molecule has 2 aliphatic rings. The average molecular weight is 458 g/mol. The molecule has 8 nitrogen and oxygen atoms in total. The Kier molecular flexibility index (Phi) is 6.59. The number of piperazine rings is 1. The number of amidine groups is 1. The summed E-state index contributed by atoms with van der Waals surface area (Å²) in [6, 6.07) is 14.2. The van der Waals surface area contributed by atoms with Crippen molar-refractivity contribution in [1.82, 2.24) is 9.80 Å². The Morgan fingerprint density at radius 2 is 1.75 bits per heavy atom. The number of hydrogen-bond acceptors (Lipinski definition) is 7. The maximum Gasteiger partial charge on any atom is 0.338 e. The van der Waals surface area contributed by atoms with E-state index in [1.807, 2.05) is 30.0 Å². The van der Waals surface area contributed by atoms with Crippen molar-refractivity contribution in [3.05, 3.63) is 65.2 Å². The number of aryl methyl sites for hydroxylation is 1. The van der Waals surface area contributed by atoms with Crippen LogP contribution < -0.4 is 0 Å². The van der Waals surface area contributed by atoms with E-state index in [1.165, 1.54) is 0 Å². The number of benzene rings is 2. The fraction of sp³-hybridized carbons (Fsp3) is 0.391. The predicted octanol–water partition coefficient (Wildman–Crippen LogP) is 1.93. The van der Waals surface area contributed by atoms with Crippen LogP contribution in [-0.4, -0.2) is 82.6 Å². The zero-order chi connectivity index (χ0) is 22.7. The van der Waals surface area contributed by atoms with Crippen LogP contribution in [-0.2, 0) is 19.5 Å². The van der Waals surface area contributed by atoms with Gasteiger partial charge in [0, 0.05) is 45.4 Å². The Bertz CT molecular complexity index is 1110. The summed E-state index contributed by atoms with van der Waals surface area (Å²) >= 11 is 0. The quantitative estimate of drug-likeness (QED) is 0.613. The second-order valence-electron chi connectivity index (χ2n) is 8.02. The minimum Gasteiger partial charge on any atom is -0.455 e. The van der Waals surface area contributed by atoms with Crippen molar-refractivity contribution in [1.29, 1.82) is 0 Å². The number of esters is 1. The van der Waals surface area contributed by atoms with Crippen LogP contribution in [0.4, 0.5) is 0 Å². The molecule has 2 aromatic carbocycles. The molecule has 1 saturated heterocycles. The highest BCUT2D eigenvalue weighted by molar-refractivity contribution is 7.90. The van der Waals surface area contributed by atoms with E-state index in [0.717, 1.165) is 5.56 Å². The first-order chi connectivity index (χ1) is 15.4. The van der Waals surface area contributed by atoms with Crippen LogP contribution in [0.15, 0.2) is 57.8 Å². The van der Waals surface area contributed by atoms with Crippen LogP contribution in [0.2, 0.25) is 0 Å². The molecule has 0 bridgehead atoms. The standard InChI is InChI=1S/C23H27N3O5S/c1-17-7-9-18(10-8-17)23(27)31-19(16-30-2)15-25-11-13-26(14-12-25)22-20-5-3-4-6-21(20)32(28,29)24-22/h3-10,19H,11-16H2,1-2H3/t19-/m0/s1. The molecule has 0 amide bonds. The van der Waals surface area contributed by atoms with Crippen LogP contribution in [0.1, 0.15) is 21.5 Å². The first kappa shape index (κ1) is 22.4. The van der Waals surface area contributed by atoms with Gasteiger partial charge in [0.1, 0.15) is 11.0 Å². The molecular formula is C23H27N3O5S. The number of ether oxygens (including phenoxy) is 2. The molecule has 32 heavy (non-hydrogen) atoms. The molecule has 4 rings (SSSR count). The van der Waals surface area contributed by atoms with E-state index in [4.69, 9.17) is 9.47 Å². The van der Waals surface area contributed by atoms with Crippen molar-refractivity contribution in [2.24, 2.45) is 4.40 Å². The molecule has 2 aliphatic heterocycles. The molecule has 1 atom stereocenters. The van der Waals surface area contributed by atoms with Gasteiger partial charge >= 0.3 is 5.97 Å². The lowest BCUT2D eigenvalue weighted by atomic mass is 10.1. The lowest BCUT2D eigenvalue weighted by Gasteiger charge is -2.37. The van der Waals surface area contributed by atoms with Crippen molar-refractivity contribution < 1.29 is 22.7 Å². The first-order valence-electron chi connectivity index (χ1n) is 10.6. The molecule has 1 fully saturated rings. The highest BCUT2D eigenvalue weighted by atomic mass is 32.2. The molecular weight excluding hydrogens is 430 g/mol. The molecule has 0 N–H and O–H groups in total. The van der Waals surface area contributed by atoms with Crippen molar-refractivity contribution in [2.75, 3.05) is 46.4 Å². The maximum absolute atomic E-state index is 12.5. The molecule has 2 aromatic rings. The van der Waals surface area contributed by atoms with Gasteiger partial charge in [0.2, 0.25) is 0 Å². The fourth-order valence-electron chi connectivity index (χ4n) is 3.97. The molecule has 2 heterocycles. The van der Waals surface area contributed by atoms with E-state index in [9.17, 15) is 13.2 Å². The fourth-order valence-corrected chi connectivity index (χ4v) is 5.19. The number of carbonyl (C=O) groups excluding carboxylic acids is 1. The molecule has 0 spiro atoms. The van der Waals surface area contributed by atoms with Gasteiger partial charge in [-0.25, -0.2) is 4.79 Å². The van der Waals surface area contributed by atoms with Crippen molar-refractivity contribution >= 4 is 21.8 Å². The van der Waals surface area contributed by atoms with Crippen LogP contribution in [0.5, 0.6) is 0 Å². The molecule has 0 unspecified atom stereocenters. The summed E-state index contributed by atoms with van der Waals surface area (Å²) in [5.74, 6) is 0.146. The SMILES string of the molecule is COC[C@H](CN1CCN(C2=NS(=O)(=O)c3ccccc32)CC1)OC(=O)c1ccc(C)cc1. The van der Waals surface area contributed by atoms with Crippen LogP contribution in [0, 0.1) is 6.92 Å². The largest absolute Gasteiger partial charge is 0.455 e. The number of nitrogens with zero attached hydrogens (tertiary/aromatic N) is 3. The zero-order valence-corrected chi connectivity index (χ0v) is 19.0. The smallest absolute Gasteiger partial charge is 0.338 e. The Morgan fingerprint density at radius 1 is 1.06 bits per heavy atom. The van der Waals surface area contributed by atoms with Crippen LogP contribution in [0.3, 0.4) is 0 Å². The number of rotatable bonds is 6. The lowest BCUT2D eigenvalue weighted by molar-refractivity contribution is -0.00971. The normalized spacial score (nSPS) is 18.7. The third-order valence-corrected chi connectivity index (χ3v) is 6.98. The number of carbonyl (C=O) groups is 1. The van der Waals surface area contributed by atoms with E-state index in [2.05, 4.69) is 9.30 Å². The Labute approximate surface area is 188 Å². The van der Waals surface area contributed by atoms with E-state index < -0.39 is 16.1 Å². The minimum atomic E-state index is -3.63. The molecule has 9 heteroatoms. The monoisotopic (exact) mass is 457 g/mol. The highest BCUT2D eigenvalue weighted by Crippen LogP contribution is 2.27. The van der Waals surface area contributed by atoms with Gasteiger partial charge < -0.3 is 14.4 Å². The third-order valence-electron chi connectivity index (χ3n) is 5.66. The average Bonchev–Trinajstić information content (AvgIpc) is 3.06. The summed E-state index contributed by atoms with van der Waals surface area (Å²) in [7, 11) is -2.04. The topological polar surface area (TPSA) is 88.5 Å². The van der Waals surface area contributed by atoms with Gasteiger partial charge in [0.15, 0.2) is 5.84 Å². The third kappa shape index (κ3) is 4.85. The van der Waals surface area contributed by atoms with Gasteiger partial charge in [-0.1, -0.05) is 29.8 Å². The summed E-state index contributed by atoms with van der Waals surface area (Å²) in [5.41, 5.74) is 2.25. The minimum absolute atomic E-state index is 0.264. The second kappa shape index (κ2) is 9.40. The summed E-state index contributed by atoms with van der Waals surface area (Å²) < 4.78 is 39.7. The van der Waals surface area contributed by atoms with Crippen molar-refractivity contribution in [3.8, 4) is 0 Å². The van der Waals surface area contributed by atoms with E-state index in [-0.39, 0.29) is 10.9 Å². The number of fused-ring (bicyclic) bond motifs is 1. The van der Waals surface area contributed by atoms with Gasteiger partial charge in [0.05, 0.1) is 12.2 Å². The van der Waals surface area contributed by atoms with E-state index in [0.29, 0.717) is 56.3 Å². The number of sulfonamides is 1. The van der Waals surface area contributed by atoms with Gasteiger partial charge in [-0.2, -0.15) is 8.42 Å². The van der Waals surface area contributed by atoms with Gasteiger partial charge in [-0.15, -0.1) is 4.40 Å². The van der Waals surface area contributed by atoms with Gasteiger partial charge in [-0.05, 0) is 31.2 Å². The molecule has 170 valence electrons. The van der Waals surface area contributed by atoms with Crippen LogP contribution in [0.25, 0.3) is 0 Å². The van der Waals surface area contributed by atoms with Crippen LogP contribution >= 0.6 is 0 Å². The molecule has 0 aliphatic carbocycles. The van der Waals surface area contributed by atoms with E-state index in [1.54, 1.807) is 37.4 Å². The summed E-state index contributed by atoms with van der Waals surface area (Å²) in [5, 5.41) is 0. The second-order valence-corrected chi connectivity index (χ2v) is 9.59. The highest BCUT2D eigenvalue weighted by Gasteiger charge is 2.33. The number of methoxy groups -OCH3 is 1. The molecule has 0 aromatic heterocycles. The van der Waals surface area contributed by atoms with Crippen molar-refractivity contribution in [2.45, 2.75) is 17.9 Å². The molecule has 0 saturated carbocycles. The predicted molar refractivity (Wildman–Crippen MR) is 120 cm³/mol. The summed E-state index contributed by atoms with van der Waals surface area (Å²) in [6.07, 6.45) is -0.398. The Hall–Kier alpha value is -2.75. The zero-order valence-electron chi connectivity index (χ0n) is 18.2. The summed E-state index contributed by atoms with van der Waals surface area (Å²) in [4.78, 5) is 17.0. The van der Waals surface area contributed by atoms with Gasteiger partial charge in [-0.3, -0.25) is 4.90 Å². The first-order valence-corrected chi connectivity index (χ1v) is 12.0. The van der Waals surface area contributed by atoms with Crippen molar-refractivity contribution in [3.63, 3.8) is 0 Å². The Morgan fingerprint density at radius 3 is 2.44 bits per heavy atom.